The Balaban J connectivity index is 0.000000317. The maximum absolute atomic E-state index is 11.9. The molecule has 0 amide bonds. The maximum Gasteiger partial charge on any atom is 0.311 e. The van der Waals surface area contributed by atoms with Crippen LogP contribution < -0.4 is 0 Å². The highest BCUT2D eigenvalue weighted by atomic mass is 16.8. The van der Waals surface area contributed by atoms with Gasteiger partial charge in [-0.3, -0.25) is 9.59 Å². The van der Waals surface area contributed by atoms with E-state index < -0.39 is 22.4 Å². The molecule has 2 unspecified atom stereocenters. The van der Waals surface area contributed by atoms with Gasteiger partial charge in [-0.2, -0.15) is 0 Å². The van der Waals surface area contributed by atoms with Crippen molar-refractivity contribution in [3.8, 4) is 0 Å². The van der Waals surface area contributed by atoms with E-state index in [2.05, 4.69) is 0 Å². The minimum Gasteiger partial charge on any atom is -0.465 e. The Morgan fingerprint density at radius 3 is 1.58 bits per heavy atom. The molecule has 3 rings (SSSR count). The van der Waals surface area contributed by atoms with Crippen molar-refractivity contribution >= 4 is 11.9 Å². The van der Waals surface area contributed by atoms with Crippen molar-refractivity contribution in [2.24, 2.45) is 10.8 Å². The lowest BCUT2D eigenvalue weighted by molar-refractivity contribution is -0.158. The van der Waals surface area contributed by atoms with Crippen LogP contribution in [0.5, 0.6) is 0 Å². The fourth-order valence-electron chi connectivity index (χ4n) is 4.44. The van der Waals surface area contributed by atoms with Gasteiger partial charge >= 0.3 is 11.9 Å². The third-order valence-electron chi connectivity index (χ3n) is 6.64. The van der Waals surface area contributed by atoms with Gasteiger partial charge in [-0.05, 0) is 74.8 Å². The zero-order valence-corrected chi connectivity index (χ0v) is 27.8. The lowest BCUT2D eigenvalue weighted by Crippen LogP contribution is -2.30. The lowest BCUT2D eigenvalue weighted by atomic mass is 9.97. The first kappa shape index (κ1) is 37.1. The van der Waals surface area contributed by atoms with Gasteiger partial charge in [0.1, 0.15) is 12.2 Å². The third kappa shape index (κ3) is 13.2. The minimum absolute atomic E-state index is 0.0959. The number of carbonyl (C=O) groups excluding carboxylic acids is 2. The van der Waals surface area contributed by atoms with E-state index in [9.17, 15) is 14.7 Å². The number of benzene rings is 1. The second-order valence-electron chi connectivity index (χ2n) is 14.0. The number of hydrogen-bond donors (Lipinski definition) is 1. The van der Waals surface area contributed by atoms with Gasteiger partial charge < -0.3 is 38.3 Å². The lowest BCUT2D eigenvalue weighted by Gasteiger charge is -2.19. The average Bonchev–Trinajstić information content (AvgIpc) is 3.36. The molecule has 0 aliphatic carbocycles. The van der Waals surface area contributed by atoms with Crippen LogP contribution in [0.25, 0.3) is 0 Å². The Morgan fingerprint density at radius 1 is 0.721 bits per heavy atom. The summed E-state index contributed by atoms with van der Waals surface area (Å²) >= 11 is 0. The van der Waals surface area contributed by atoms with Crippen molar-refractivity contribution < 1.29 is 47.9 Å². The highest BCUT2D eigenvalue weighted by Gasteiger charge is 2.42. The molecule has 10 nitrogen and oxygen atoms in total. The largest absolute Gasteiger partial charge is 0.465 e. The van der Waals surface area contributed by atoms with Crippen LogP contribution in [0.1, 0.15) is 87.6 Å². The van der Waals surface area contributed by atoms with Gasteiger partial charge in [-0.1, -0.05) is 30.3 Å². The van der Waals surface area contributed by atoms with Crippen LogP contribution in [0.4, 0.5) is 0 Å². The van der Waals surface area contributed by atoms with E-state index in [1.807, 2.05) is 85.7 Å². The summed E-state index contributed by atoms with van der Waals surface area (Å²) in [6, 6.07) is 10.0. The molecule has 0 bridgehead atoms. The summed E-state index contributed by atoms with van der Waals surface area (Å²) in [6.45, 7) is 19.8. The number of aliphatic hydroxyl groups is 1. The Morgan fingerprint density at radius 2 is 1.14 bits per heavy atom. The quantitative estimate of drug-likeness (QED) is 0.336. The number of aliphatic hydroxyl groups excluding tert-OH is 1. The normalized spacial score (nSPS) is 24.6. The van der Waals surface area contributed by atoms with E-state index in [1.54, 1.807) is 13.8 Å². The van der Waals surface area contributed by atoms with Crippen LogP contribution in [-0.4, -0.2) is 79.5 Å². The highest BCUT2D eigenvalue weighted by Crippen LogP contribution is 2.31. The van der Waals surface area contributed by atoms with Gasteiger partial charge in [0, 0.05) is 12.8 Å². The summed E-state index contributed by atoms with van der Waals surface area (Å²) in [4.78, 5) is 23.4. The first-order valence-electron chi connectivity index (χ1n) is 15.1. The predicted molar refractivity (Wildman–Crippen MR) is 161 cm³/mol. The molecule has 2 aliphatic heterocycles. The van der Waals surface area contributed by atoms with E-state index >= 15 is 0 Å². The minimum atomic E-state index is -0.688. The summed E-state index contributed by atoms with van der Waals surface area (Å²) in [5.74, 6) is -1.78. The zero-order valence-electron chi connectivity index (χ0n) is 27.8. The first-order chi connectivity index (χ1) is 19.8. The Kier molecular flexibility index (Phi) is 13.6. The van der Waals surface area contributed by atoms with Gasteiger partial charge in [-0.25, -0.2) is 0 Å². The van der Waals surface area contributed by atoms with Crippen molar-refractivity contribution in [1.82, 2.24) is 0 Å². The Bertz CT molecular complexity index is 993. The van der Waals surface area contributed by atoms with Gasteiger partial charge in [0.15, 0.2) is 11.6 Å². The summed E-state index contributed by atoms with van der Waals surface area (Å²) in [6.07, 6.45) is 0.192. The van der Waals surface area contributed by atoms with Crippen LogP contribution in [0.2, 0.25) is 0 Å². The van der Waals surface area contributed by atoms with Gasteiger partial charge in [0.05, 0.1) is 56.1 Å². The van der Waals surface area contributed by atoms with E-state index in [1.165, 1.54) is 0 Å². The summed E-state index contributed by atoms with van der Waals surface area (Å²) in [5, 5.41) is 9.19. The molecule has 2 heterocycles. The van der Waals surface area contributed by atoms with Gasteiger partial charge in [0.25, 0.3) is 0 Å². The monoisotopic (exact) mass is 610 g/mol. The van der Waals surface area contributed by atoms with Crippen molar-refractivity contribution in [2.75, 3.05) is 26.4 Å². The van der Waals surface area contributed by atoms with Gasteiger partial charge in [0.2, 0.25) is 0 Å². The van der Waals surface area contributed by atoms with Crippen LogP contribution in [0, 0.1) is 10.8 Å². The Hall–Kier alpha value is -2.08. The van der Waals surface area contributed by atoms with Crippen LogP contribution in [-0.2, 0) is 49.4 Å². The molecule has 2 aliphatic rings. The molecule has 0 spiro atoms. The third-order valence-corrected chi connectivity index (χ3v) is 6.64. The molecule has 1 N–H and O–H groups in total. The molecule has 1 aromatic rings. The average molecular weight is 611 g/mol. The molecular formula is C33H54O10. The molecule has 0 aromatic heterocycles. The number of ether oxygens (including phenoxy) is 7. The number of carbonyl (C=O) groups is 2. The second-order valence-corrected chi connectivity index (χ2v) is 14.0. The highest BCUT2D eigenvalue weighted by molar-refractivity contribution is 5.75. The molecule has 0 radical (unpaired) electrons. The molecule has 1 aromatic carbocycles. The number of hydrogen-bond acceptors (Lipinski definition) is 10. The van der Waals surface area contributed by atoms with Gasteiger partial charge in [-0.15, -0.1) is 0 Å². The molecular weight excluding hydrogens is 556 g/mol. The summed E-state index contributed by atoms with van der Waals surface area (Å²) in [7, 11) is 0. The number of esters is 2. The molecule has 43 heavy (non-hydrogen) atoms. The van der Waals surface area contributed by atoms with E-state index in [4.69, 9.17) is 33.2 Å². The van der Waals surface area contributed by atoms with Crippen molar-refractivity contribution in [3.63, 3.8) is 0 Å². The van der Waals surface area contributed by atoms with Crippen molar-refractivity contribution in [3.05, 3.63) is 35.9 Å². The molecule has 2 saturated heterocycles. The fraction of sp³-hybridized carbons (Fsp3) is 0.758. The zero-order chi connectivity index (χ0) is 32.5. The molecule has 4 atom stereocenters. The van der Waals surface area contributed by atoms with Crippen LogP contribution in [0.3, 0.4) is 0 Å². The second kappa shape index (κ2) is 15.8. The molecule has 10 heteroatoms. The molecule has 2 fully saturated rings. The SMILES string of the molecule is CC1(C)OC(CO)[C@H](CCOC(=O)C(C)(C)C)O1.CC1(C)OC(COCc2ccccc2)[C@H](CCOC(=O)C(C)(C)C)O1. The van der Waals surface area contributed by atoms with Crippen LogP contribution in [0.15, 0.2) is 30.3 Å². The first-order valence-corrected chi connectivity index (χ1v) is 15.1. The smallest absolute Gasteiger partial charge is 0.311 e. The number of rotatable bonds is 11. The standard InChI is InChI=1S/C20H30O5.C13H24O5/c1-19(2,3)18(21)23-12-11-16-17(25-20(4,5)24-16)14-22-13-15-9-7-6-8-10-15;1-12(2,3)11(15)16-7-6-9-10(8-14)18-13(4,5)17-9/h6-10,16-17H,11-14H2,1-5H3;9-10,14H,6-8H2,1-5H3/t16-,17?;9-,10?/m00/s1. The van der Waals surface area contributed by atoms with Crippen molar-refractivity contribution in [2.45, 2.75) is 125 Å². The van der Waals surface area contributed by atoms with E-state index in [-0.39, 0.29) is 49.6 Å². The predicted octanol–water partition coefficient (Wildman–Crippen LogP) is 5.18. The van der Waals surface area contributed by atoms with E-state index in [0.717, 1.165) is 5.56 Å². The van der Waals surface area contributed by atoms with Crippen LogP contribution >= 0.6 is 0 Å². The molecule has 0 saturated carbocycles. The topological polar surface area (TPSA) is 119 Å². The summed E-state index contributed by atoms with van der Waals surface area (Å²) < 4.78 is 39.4. The Labute approximate surface area is 257 Å². The molecule has 246 valence electrons. The maximum atomic E-state index is 11.9. The fourth-order valence-corrected chi connectivity index (χ4v) is 4.44. The van der Waals surface area contributed by atoms with E-state index in [0.29, 0.717) is 32.7 Å². The summed E-state index contributed by atoms with van der Waals surface area (Å²) in [5.41, 5.74) is 0.129. The van der Waals surface area contributed by atoms with Crippen molar-refractivity contribution in [1.29, 1.82) is 0 Å².